The Labute approximate surface area is 178 Å². The summed E-state index contributed by atoms with van der Waals surface area (Å²) in [5, 5.41) is 2.87. The van der Waals surface area contributed by atoms with E-state index in [1.54, 1.807) is 0 Å². The van der Waals surface area contributed by atoms with E-state index in [9.17, 15) is 4.79 Å². The second kappa shape index (κ2) is 11.0. The van der Waals surface area contributed by atoms with Gasteiger partial charge in [0.1, 0.15) is 6.73 Å². The molecular formula is C24H41N3O2. The van der Waals surface area contributed by atoms with E-state index in [2.05, 4.69) is 60.4 Å². The number of nitrogens with one attached hydrogen (secondary N) is 1. The van der Waals surface area contributed by atoms with Crippen molar-refractivity contribution >= 4 is 11.6 Å². The Kier molecular flexibility index (Phi) is 8.37. The Hall–Kier alpha value is -1.59. The molecule has 1 aromatic rings. The smallest absolute Gasteiger partial charge is 0.229 e. The highest BCUT2D eigenvalue weighted by atomic mass is 16.5. The highest BCUT2D eigenvalue weighted by Crippen LogP contribution is 2.32. The number of carbonyl (C=O) groups excluding carboxylic acids is 1. The molecule has 2 atom stereocenters. The highest BCUT2D eigenvalue weighted by Gasteiger charge is 2.26. The lowest BCUT2D eigenvalue weighted by Gasteiger charge is -2.37. The third-order valence-electron chi connectivity index (χ3n) is 6.78. The standard InChI is InChI=1S/C24H39N3O2.H2/c1-4-19(11-14-26(2)3)20-12-15-27(16-13-20)22-9-7-21(8-10-22)23-6-5-17-29-18-25-24(23)28;/h7-10,19-20,23H,4-6,11-18H2,1-3H3,(H,25,28);1H. The largest absolute Gasteiger partial charge is 0.372 e. The molecule has 164 valence electrons. The van der Waals surface area contributed by atoms with E-state index in [-0.39, 0.29) is 13.3 Å². The van der Waals surface area contributed by atoms with Crippen molar-refractivity contribution in [3.63, 3.8) is 0 Å². The van der Waals surface area contributed by atoms with Crippen molar-refractivity contribution in [1.82, 2.24) is 10.2 Å². The first-order valence-electron chi connectivity index (χ1n) is 11.4. The number of carbonyl (C=O) groups is 1. The molecule has 0 aromatic heterocycles. The van der Waals surface area contributed by atoms with Crippen molar-refractivity contribution in [3.8, 4) is 0 Å². The quantitative estimate of drug-likeness (QED) is 0.745. The summed E-state index contributed by atoms with van der Waals surface area (Å²) in [4.78, 5) is 17.2. The molecule has 0 saturated carbocycles. The fourth-order valence-corrected chi connectivity index (χ4v) is 4.90. The molecule has 2 aliphatic rings. The van der Waals surface area contributed by atoms with Gasteiger partial charge in [0.15, 0.2) is 0 Å². The topological polar surface area (TPSA) is 44.8 Å². The lowest BCUT2D eigenvalue weighted by Crippen LogP contribution is -2.36. The molecule has 2 fully saturated rings. The normalized spacial score (nSPS) is 22.8. The first kappa shape index (κ1) is 22.1. The predicted molar refractivity (Wildman–Crippen MR) is 121 cm³/mol. The fraction of sp³-hybridized carbons (Fsp3) is 0.708. The summed E-state index contributed by atoms with van der Waals surface area (Å²) in [6, 6.07) is 8.73. The molecule has 1 N–H and O–H groups in total. The number of hydrogen-bond donors (Lipinski definition) is 1. The molecule has 2 heterocycles. The lowest BCUT2D eigenvalue weighted by atomic mass is 9.80. The molecule has 2 unspecified atom stereocenters. The van der Waals surface area contributed by atoms with Crippen LogP contribution in [0, 0.1) is 11.8 Å². The van der Waals surface area contributed by atoms with Crippen LogP contribution in [0.5, 0.6) is 0 Å². The van der Waals surface area contributed by atoms with Crippen LogP contribution < -0.4 is 10.2 Å². The molecule has 0 radical (unpaired) electrons. The van der Waals surface area contributed by atoms with Crippen molar-refractivity contribution in [2.45, 2.75) is 51.4 Å². The van der Waals surface area contributed by atoms with E-state index in [0.29, 0.717) is 6.73 Å². The Morgan fingerprint density at radius 3 is 2.59 bits per heavy atom. The minimum atomic E-state index is -0.0549. The number of piperidine rings is 1. The zero-order valence-electron chi connectivity index (χ0n) is 18.5. The van der Waals surface area contributed by atoms with Crippen LogP contribution >= 0.6 is 0 Å². The molecular weight excluding hydrogens is 362 g/mol. The number of nitrogens with zero attached hydrogens (tertiary/aromatic N) is 2. The summed E-state index contributed by atoms with van der Waals surface area (Å²) >= 11 is 0. The van der Waals surface area contributed by atoms with E-state index >= 15 is 0 Å². The van der Waals surface area contributed by atoms with Gasteiger partial charge in [0.25, 0.3) is 0 Å². The van der Waals surface area contributed by atoms with Gasteiger partial charge in [0, 0.05) is 26.8 Å². The van der Waals surface area contributed by atoms with Gasteiger partial charge in [-0.1, -0.05) is 25.5 Å². The minimum Gasteiger partial charge on any atom is -0.372 e. The van der Waals surface area contributed by atoms with Gasteiger partial charge < -0.3 is 19.9 Å². The second-order valence-electron chi connectivity index (χ2n) is 8.96. The van der Waals surface area contributed by atoms with Crippen LogP contribution in [-0.4, -0.2) is 57.9 Å². The molecule has 2 aliphatic heterocycles. The van der Waals surface area contributed by atoms with Gasteiger partial charge in [-0.15, -0.1) is 0 Å². The molecule has 5 heteroatoms. The minimum absolute atomic E-state index is 0. The third-order valence-corrected chi connectivity index (χ3v) is 6.78. The van der Waals surface area contributed by atoms with Crippen LogP contribution in [0.25, 0.3) is 0 Å². The summed E-state index contributed by atoms with van der Waals surface area (Å²) in [7, 11) is 4.35. The van der Waals surface area contributed by atoms with Crippen molar-refractivity contribution in [1.29, 1.82) is 0 Å². The van der Waals surface area contributed by atoms with E-state index in [0.717, 1.165) is 49.9 Å². The van der Waals surface area contributed by atoms with Crippen molar-refractivity contribution < 1.29 is 11.0 Å². The summed E-state index contributed by atoms with van der Waals surface area (Å²) in [5.41, 5.74) is 2.42. The van der Waals surface area contributed by atoms with Gasteiger partial charge in [-0.2, -0.15) is 0 Å². The van der Waals surface area contributed by atoms with Crippen LogP contribution in [0.4, 0.5) is 5.69 Å². The number of rotatable bonds is 7. The Morgan fingerprint density at radius 1 is 1.21 bits per heavy atom. The van der Waals surface area contributed by atoms with Gasteiger partial charge in [0.2, 0.25) is 5.91 Å². The molecule has 1 amide bonds. The third kappa shape index (κ3) is 6.19. The maximum Gasteiger partial charge on any atom is 0.229 e. The van der Waals surface area contributed by atoms with E-state index in [1.165, 1.54) is 37.9 Å². The van der Waals surface area contributed by atoms with Gasteiger partial charge in [-0.25, -0.2) is 0 Å². The molecule has 1 aromatic carbocycles. The Morgan fingerprint density at radius 2 is 1.93 bits per heavy atom. The molecule has 0 aliphatic carbocycles. The van der Waals surface area contributed by atoms with Crippen LogP contribution in [0.2, 0.25) is 0 Å². The van der Waals surface area contributed by atoms with Crippen LogP contribution in [0.1, 0.15) is 58.4 Å². The van der Waals surface area contributed by atoms with E-state index < -0.39 is 0 Å². The van der Waals surface area contributed by atoms with Crippen molar-refractivity contribution in [2.75, 3.05) is 52.0 Å². The van der Waals surface area contributed by atoms with Crippen molar-refractivity contribution in [3.05, 3.63) is 29.8 Å². The average molecular weight is 404 g/mol. The van der Waals surface area contributed by atoms with Crippen LogP contribution in [0.15, 0.2) is 24.3 Å². The number of ether oxygens (including phenoxy) is 1. The lowest BCUT2D eigenvalue weighted by molar-refractivity contribution is -0.125. The van der Waals surface area contributed by atoms with Crippen LogP contribution in [-0.2, 0) is 9.53 Å². The maximum absolute atomic E-state index is 12.4. The number of benzene rings is 1. The zero-order chi connectivity index (χ0) is 20.6. The summed E-state index contributed by atoms with van der Waals surface area (Å²) in [5.74, 6) is 1.74. The van der Waals surface area contributed by atoms with Crippen molar-refractivity contribution in [2.24, 2.45) is 11.8 Å². The predicted octanol–water partition coefficient (Wildman–Crippen LogP) is 4.09. The number of hydrogen-bond acceptors (Lipinski definition) is 4. The highest BCUT2D eigenvalue weighted by molar-refractivity contribution is 5.83. The summed E-state index contributed by atoms with van der Waals surface area (Å²) in [6.07, 6.45) is 6.97. The molecule has 3 rings (SSSR count). The molecule has 5 nitrogen and oxygen atoms in total. The SMILES string of the molecule is CCC(CCN(C)C)C1CCN(c2ccc(C3CCCOCNC3=O)cc2)CC1.[HH]. The molecule has 29 heavy (non-hydrogen) atoms. The Bertz CT molecular complexity index is 630. The molecule has 0 bridgehead atoms. The summed E-state index contributed by atoms with van der Waals surface area (Å²) < 4.78 is 5.35. The van der Waals surface area contributed by atoms with Crippen LogP contribution in [0.3, 0.4) is 0 Å². The van der Waals surface area contributed by atoms with E-state index in [1.807, 2.05) is 0 Å². The fourth-order valence-electron chi connectivity index (χ4n) is 4.90. The monoisotopic (exact) mass is 403 g/mol. The zero-order valence-corrected chi connectivity index (χ0v) is 18.5. The number of amides is 1. The van der Waals surface area contributed by atoms with Gasteiger partial charge >= 0.3 is 0 Å². The Balaban J connectivity index is 0.00000320. The molecule has 2 saturated heterocycles. The van der Waals surface area contributed by atoms with Gasteiger partial charge in [0.05, 0.1) is 5.92 Å². The first-order chi connectivity index (χ1) is 14.1. The second-order valence-corrected chi connectivity index (χ2v) is 8.96. The van der Waals surface area contributed by atoms with Gasteiger partial charge in [-0.3, -0.25) is 4.79 Å². The summed E-state index contributed by atoms with van der Waals surface area (Å²) in [6.45, 7) is 6.88. The van der Waals surface area contributed by atoms with E-state index in [4.69, 9.17) is 4.74 Å². The molecule has 0 spiro atoms. The first-order valence-corrected chi connectivity index (χ1v) is 11.4. The maximum atomic E-state index is 12.4. The average Bonchev–Trinajstić information content (AvgIpc) is 2.72. The number of anilines is 1. The van der Waals surface area contributed by atoms with Gasteiger partial charge in [-0.05, 0) is 82.3 Å².